The quantitative estimate of drug-likeness (QED) is 0.142. The second kappa shape index (κ2) is 17.9. The van der Waals surface area contributed by atoms with Gasteiger partial charge < -0.3 is 37.6 Å². The lowest BCUT2D eigenvalue weighted by Crippen LogP contribution is -2.57. The summed E-state index contributed by atoms with van der Waals surface area (Å²) in [4.78, 5) is 60.0. The summed E-state index contributed by atoms with van der Waals surface area (Å²) in [6.45, 7) is 1.49. The summed E-state index contributed by atoms with van der Waals surface area (Å²) < 4.78 is 31.7. The first-order valence-electron chi connectivity index (χ1n) is 14.2. The Morgan fingerprint density at radius 2 is 1.11 bits per heavy atom. The van der Waals surface area contributed by atoms with E-state index in [1.165, 1.54) is 19.1 Å². The number of benzene rings is 3. The number of phenols is 1. The van der Waals surface area contributed by atoms with E-state index in [2.05, 4.69) is 16.0 Å². The van der Waals surface area contributed by atoms with Gasteiger partial charge in [-0.25, -0.2) is 4.79 Å². The lowest BCUT2D eigenvalue weighted by Gasteiger charge is -2.24. The van der Waals surface area contributed by atoms with Crippen molar-refractivity contribution < 1.29 is 47.4 Å². The molecule has 9 N–H and O–H groups in total. The molecule has 0 heterocycles. The molecule has 0 aliphatic heterocycles. The number of carboxylic acid groups (broad SMARTS) is 1. The molecule has 3 aromatic carbocycles. The Balaban J connectivity index is 0.000000984. The van der Waals surface area contributed by atoms with Crippen molar-refractivity contribution in [1.29, 1.82) is 0 Å². The van der Waals surface area contributed by atoms with Crippen LogP contribution in [0.1, 0.15) is 23.6 Å². The van der Waals surface area contributed by atoms with Crippen molar-refractivity contribution >= 4 is 29.6 Å². The van der Waals surface area contributed by atoms with Gasteiger partial charge >= 0.3 is 12.1 Å². The molecule has 252 valence electrons. The first kappa shape index (κ1) is 37.7. The topological polar surface area (TPSA) is 214 Å². The number of phenolic OH excluding ortho intramolecular Hbond substituents is 1. The van der Waals surface area contributed by atoms with Gasteiger partial charge in [-0.15, -0.1) is 0 Å². The SMILES string of the molecule is CC(NC(=O)C(N)Cc1ccc(O)cc1)C(=O)NC(Cc1ccccc1)C(=O)NC(Cc1ccccc1)C(N)=O.O=C(O)C(F)(F)F. The average Bonchev–Trinajstić information content (AvgIpc) is 3.02. The minimum absolute atomic E-state index is 0.100. The Bertz CT molecular complexity index is 1490. The summed E-state index contributed by atoms with van der Waals surface area (Å²) in [7, 11) is 0. The van der Waals surface area contributed by atoms with Gasteiger partial charge in [0.2, 0.25) is 23.6 Å². The molecule has 4 unspecified atom stereocenters. The van der Waals surface area contributed by atoms with Crippen LogP contribution in [0.15, 0.2) is 84.9 Å². The molecule has 0 saturated carbocycles. The summed E-state index contributed by atoms with van der Waals surface area (Å²) in [6, 6.07) is 20.5. The number of carboxylic acids is 1. The largest absolute Gasteiger partial charge is 0.508 e. The maximum Gasteiger partial charge on any atom is 0.490 e. The van der Waals surface area contributed by atoms with Crippen LogP contribution in [0.2, 0.25) is 0 Å². The van der Waals surface area contributed by atoms with Gasteiger partial charge in [-0.2, -0.15) is 13.2 Å². The molecule has 12 nitrogen and oxygen atoms in total. The third-order valence-electron chi connectivity index (χ3n) is 6.58. The van der Waals surface area contributed by atoms with Gasteiger partial charge in [0.15, 0.2) is 0 Å². The molecule has 3 rings (SSSR count). The van der Waals surface area contributed by atoms with E-state index in [0.717, 1.165) is 16.7 Å². The molecule has 47 heavy (non-hydrogen) atoms. The first-order chi connectivity index (χ1) is 22.1. The summed E-state index contributed by atoms with van der Waals surface area (Å²) in [5.74, 6) is -5.09. The number of amides is 4. The molecule has 0 fully saturated rings. The number of carbonyl (C=O) groups is 5. The minimum atomic E-state index is -5.08. The molecule has 4 atom stereocenters. The molecule has 15 heteroatoms. The molecule has 0 saturated heterocycles. The van der Waals surface area contributed by atoms with E-state index in [1.54, 1.807) is 12.1 Å². The fourth-order valence-electron chi connectivity index (χ4n) is 4.07. The molecule has 3 aromatic rings. The van der Waals surface area contributed by atoms with Gasteiger partial charge in [0.05, 0.1) is 6.04 Å². The van der Waals surface area contributed by atoms with Gasteiger partial charge in [0, 0.05) is 12.8 Å². The normalized spacial score (nSPS) is 13.4. The van der Waals surface area contributed by atoms with Gasteiger partial charge in [0.1, 0.15) is 23.9 Å². The molecule has 0 aliphatic rings. The number of alkyl halides is 3. The second-order valence-electron chi connectivity index (χ2n) is 10.4. The molecule has 0 bridgehead atoms. The second-order valence-corrected chi connectivity index (χ2v) is 10.4. The monoisotopic (exact) mass is 659 g/mol. The first-order valence-corrected chi connectivity index (χ1v) is 14.2. The lowest BCUT2D eigenvalue weighted by atomic mass is 10.0. The van der Waals surface area contributed by atoms with Gasteiger partial charge in [-0.05, 0) is 42.2 Å². The van der Waals surface area contributed by atoms with Crippen molar-refractivity contribution in [2.24, 2.45) is 11.5 Å². The molecule has 0 aromatic heterocycles. The zero-order valence-corrected chi connectivity index (χ0v) is 25.2. The zero-order valence-electron chi connectivity index (χ0n) is 25.2. The Hall–Kier alpha value is -5.44. The van der Waals surface area contributed by atoms with E-state index < -0.39 is 59.9 Å². The Morgan fingerprint density at radius 1 is 0.681 bits per heavy atom. The molecule has 0 radical (unpaired) electrons. The number of hydrogen-bond donors (Lipinski definition) is 7. The maximum absolute atomic E-state index is 13.3. The number of aromatic hydroxyl groups is 1. The predicted octanol–water partition coefficient (Wildman–Crippen LogP) is 1.34. The highest BCUT2D eigenvalue weighted by Gasteiger charge is 2.38. The van der Waals surface area contributed by atoms with E-state index in [4.69, 9.17) is 21.4 Å². The maximum atomic E-state index is 13.3. The van der Waals surface area contributed by atoms with Crippen molar-refractivity contribution in [3.05, 3.63) is 102 Å². The van der Waals surface area contributed by atoms with E-state index >= 15 is 0 Å². The van der Waals surface area contributed by atoms with Crippen LogP contribution in [-0.2, 0) is 43.2 Å². The van der Waals surface area contributed by atoms with Crippen molar-refractivity contribution in [3.8, 4) is 5.75 Å². The van der Waals surface area contributed by atoms with Gasteiger partial charge in [-0.3, -0.25) is 19.2 Å². The van der Waals surface area contributed by atoms with E-state index in [0.29, 0.717) is 0 Å². The number of aliphatic carboxylic acids is 1. The van der Waals surface area contributed by atoms with E-state index in [-0.39, 0.29) is 25.0 Å². The third-order valence-corrected chi connectivity index (χ3v) is 6.58. The molecule has 4 amide bonds. The van der Waals surface area contributed by atoms with Crippen LogP contribution in [0.25, 0.3) is 0 Å². The highest BCUT2D eigenvalue weighted by molar-refractivity contribution is 5.94. The number of halogens is 3. The fraction of sp³-hybridized carbons (Fsp3) is 0.281. The number of carbonyl (C=O) groups excluding carboxylic acids is 4. The van der Waals surface area contributed by atoms with Crippen LogP contribution in [0.5, 0.6) is 5.75 Å². The van der Waals surface area contributed by atoms with Crippen LogP contribution in [-0.4, -0.2) is 70.2 Å². The standard InChI is InChI=1S/C30H35N5O5.C2HF3O2/c1-19(33-29(39)24(31)16-22-12-14-23(36)15-13-22)28(38)35-26(18-21-10-6-3-7-11-21)30(40)34-25(27(32)37)17-20-8-4-2-5-9-20;3-2(4,5)1(6)7/h2-15,19,24-26,36H,16-18,31H2,1H3,(H2,32,37)(H,33,39)(H,34,40)(H,35,38);(H,6,7). The van der Waals surface area contributed by atoms with E-state index in [9.17, 15) is 37.5 Å². The van der Waals surface area contributed by atoms with Crippen molar-refractivity contribution in [1.82, 2.24) is 16.0 Å². The minimum Gasteiger partial charge on any atom is -0.508 e. The predicted molar refractivity (Wildman–Crippen MR) is 164 cm³/mol. The molecule has 0 spiro atoms. The van der Waals surface area contributed by atoms with Crippen molar-refractivity contribution in [2.45, 2.75) is 56.5 Å². The van der Waals surface area contributed by atoms with Crippen LogP contribution in [0.4, 0.5) is 13.2 Å². The average molecular weight is 660 g/mol. The van der Waals surface area contributed by atoms with Crippen LogP contribution < -0.4 is 27.4 Å². The molecular formula is C32H36F3N5O7. The number of nitrogens with one attached hydrogen (secondary N) is 3. The number of hydrogen-bond acceptors (Lipinski definition) is 7. The Morgan fingerprint density at radius 3 is 1.55 bits per heavy atom. The number of primary amides is 1. The summed E-state index contributed by atoms with van der Waals surface area (Å²) in [6.07, 6.45) is -4.54. The molecular weight excluding hydrogens is 623 g/mol. The summed E-state index contributed by atoms with van der Waals surface area (Å²) >= 11 is 0. The highest BCUT2D eigenvalue weighted by atomic mass is 19.4. The molecule has 0 aliphatic carbocycles. The van der Waals surface area contributed by atoms with Gasteiger partial charge in [0.25, 0.3) is 0 Å². The summed E-state index contributed by atoms with van der Waals surface area (Å²) in [5.41, 5.74) is 13.9. The summed E-state index contributed by atoms with van der Waals surface area (Å²) in [5, 5.41) is 24.5. The fourth-order valence-corrected chi connectivity index (χ4v) is 4.07. The Labute approximate surface area is 268 Å². The number of nitrogens with two attached hydrogens (primary N) is 2. The smallest absolute Gasteiger partial charge is 0.490 e. The van der Waals surface area contributed by atoms with E-state index in [1.807, 2.05) is 60.7 Å². The highest BCUT2D eigenvalue weighted by Crippen LogP contribution is 2.13. The van der Waals surface area contributed by atoms with Crippen LogP contribution >= 0.6 is 0 Å². The van der Waals surface area contributed by atoms with Crippen LogP contribution in [0, 0.1) is 0 Å². The number of rotatable bonds is 13. The van der Waals surface area contributed by atoms with Gasteiger partial charge in [-0.1, -0.05) is 72.8 Å². The zero-order chi connectivity index (χ0) is 35.1. The Kier molecular flexibility index (Phi) is 14.4. The third kappa shape index (κ3) is 13.6. The van der Waals surface area contributed by atoms with Crippen molar-refractivity contribution in [2.75, 3.05) is 0 Å². The van der Waals surface area contributed by atoms with Crippen LogP contribution in [0.3, 0.4) is 0 Å². The lowest BCUT2D eigenvalue weighted by molar-refractivity contribution is -0.192. The van der Waals surface area contributed by atoms with Crippen molar-refractivity contribution in [3.63, 3.8) is 0 Å².